The van der Waals surface area contributed by atoms with Crippen LogP contribution in [0.3, 0.4) is 0 Å². The van der Waals surface area contributed by atoms with Crippen molar-refractivity contribution < 1.29 is 4.79 Å². The van der Waals surface area contributed by atoms with Crippen molar-refractivity contribution in [3.63, 3.8) is 0 Å². The first kappa shape index (κ1) is 13.8. The Hall–Kier alpha value is -1.12. The molecule has 0 heterocycles. The zero-order chi connectivity index (χ0) is 14.1. The molecule has 0 spiro atoms. The Morgan fingerprint density at radius 1 is 1.05 bits per heavy atom. The van der Waals surface area contributed by atoms with Crippen LogP contribution in [0.25, 0.3) is 0 Å². The Morgan fingerprint density at radius 3 is 2.30 bits per heavy atom. The molecule has 3 rings (SSSR count). The Balaban J connectivity index is 1.86. The quantitative estimate of drug-likeness (QED) is 0.659. The number of halogens is 2. The van der Waals surface area contributed by atoms with Gasteiger partial charge < -0.3 is 0 Å². The summed E-state index contributed by atoms with van der Waals surface area (Å²) in [5.41, 5.74) is 2.67. The minimum absolute atomic E-state index is 0.00774. The van der Waals surface area contributed by atoms with Crippen LogP contribution in [0, 0.1) is 0 Å². The van der Waals surface area contributed by atoms with Gasteiger partial charge >= 0.3 is 0 Å². The van der Waals surface area contributed by atoms with E-state index in [1.54, 1.807) is 18.2 Å². The van der Waals surface area contributed by atoms with Crippen LogP contribution in [-0.4, -0.2) is 5.78 Å². The van der Waals surface area contributed by atoms with E-state index in [-0.39, 0.29) is 5.78 Å². The first-order chi connectivity index (χ1) is 9.63. The molecule has 0 atom stereocenters. The Labute approximate surface area is 132 Å². The van der Waals surface area contributed by atoms with Crippen molar-refractivity contribution in [2.24, 2.45) is 0 Å². The van der Waals surface area contributed by atoms with E-state index in [2.05, 4.69) is 28.1 Å². The van der Waals surface area contributed by atoms with Crippen molar-refractivity contribution in [3.05, 3.63) is 68.7 Å². The largest absolute Gasteiger partial charge is 0.289 e. The van der Waals surface area contributed by atoms with Gasteiger partial charge in [0.25, 0.3) is 0 Å². The second-order valence-corrected chi connectivity index (χ2v) is 6.59. The molecular formula is C17H14BrClO. The van der Waals surface area contributed by atoms with Gasteiger partial charge in [-0.05, 0) is 42.5 Å². The first-order valence-corrected chi connectivity index (χ1v) is 7.91. The molecular weight excluding hydrogens is 336 g/mol. The number of hydrogen-bond acceptors (Lipinski definition) is 1. The molecule has 1 saturated carbocycles. The number of carbonyl (C=O) groups excluding carboxylic acids is 1. The highest BCUT2D eigenvalue weighted by Crippen LogP contribution is 2.36. The van der Waals surface area contributed by atoms with E-state index < -0.39 is 0 Å². The van der Waals surface area contributed by atoms with Crippen molar-refractivity contribution in [2.75, 3.05) is 0 Å². The summed E-state index contributed by atoms with van der Waals surface area (Å²) in [5, 5.41) is 0.564. The van der Waals surface area contributed by atoms with Gasteiger partial charge in [0, 0.05) is 20.6 Å². The summed E-state index contributed by atoms with van der Waals surface area (Å²) >= 11 is 9.36. The lowest BCUT2D eigenvalue weighted by atomic mass is 9.80. The van der Waals surface area contributed by atoms with Gasteiger partial charge in [0.05, 0.1) is 0 Å². The topological polar surface area (TPSA) is 17.1 Å². The summed E-state index contributed by atoms with van der Waals surface area (Å²) in [4.78, 5) is 12.4. The molecule has 1 aliphatic carbocycles. The van der Waals surface area contributed by atoms with Crippen LogP contribution in [-0.2, 0) is 0 Å². The van der Waals surface area contributed by atoms with E-state index >= 15 is 0 Å². The zero-order valence-corrected chi connectivity index (χ0v) is 13.2. The summed E-state index contributed by atoms with van der Waals surface area (Å²) in [6.45, 7) is 0. The van der Waals surface area contributed by atoms with E-state index in [4.69, 9.17) is 11.6 Å². The molecule has 0 amide bonds. The molecule has 102 valence electrons. The first-order valence-electron chi connectivity index (χ1n) is 6.74. The minimum atomic E-state index is 0.00774. The SMILES string of the molecule is O=C(c1ccc(C2CCC2)cc1)c1cc(Cl)cc(Br)c1. The van der Waals surface area contributed by atoms with Gasteiger partial charge in [-0.2, -0.15) is 0 Å². The van der Waals surface area contributed by atoms with Crippen LogP contribution >= 0.6 is 27.5 Å². The van der Waals surface area contributed by atoms with Gasteiger partial charge in [-0.1, -0.05) is 58.2 Å². The minimum Gasteiger partial charge on any atom is -0.289 e. The molecule has 0 unspecified atom stereocenters. The average Bonchev–Trinajstić information content (AvgIpc) is 2.35. The summed E-state index contributed by atoms with van der Waals surface area (Å²) in [5.74, 6) is 0.702. The molecule has 0 aromatic heterocycles. The fraction of sp³-hybridized carbons (Fsp3) is 0.235. The number of hydrogen-bond donors (Lipinski definition) is 0. The second kappa shape index (κ2) is 5.71. The van der Waals surface area contributed by atoms with Crippen LogP contribution < -0.4 is 0 Å². The maximum Gasteiger partial charge on any atom is 0.193 e. The number of benzene rings is 2. The summed E-state index contributed by atoms with van der Waals surface area (Å²) in [6.07, 6.45) is 3.87. The number of carbonyl (C=O) groups is 1. The second-order valence-electron chi connectivity index (χ2n) is 5.24. The van der Waals surface area contributed by atoms with E-state index in [0.29, 0.717) is 22.1 Å². The molecule has 1 aliphatic rings. The molecule has 3 heteroatoms. The third-order valence-corrected chi connectivity index (χ3v) is 4.55. The maximum absolute atomic E-state index is 12.4. The van der Waals surface area contributed by atoms with E-state index in [0.717, 1.165) is 4.47 Å². The van der Waals surface area contributed by atoms with Crippen molar-refractivity contribution in [1.82, 2.24) is 0 Å². The van der Waals surface area contributed by atoms with Crippen molar-refractivity contribution in [1.29, 1.82) is 0 Å². The van der Waals surface area contributed by atoms with Gasteiger partial charge in [0.1, 0.15) is 0 Å². The van der Waals surface area contributed by atoms with Gasteiger partial charge in [0.15, 0.2) is 5.78 Å². The average molecular weight is 350 g/mol. The lowest BCUT2D eigenvalue weighted by Gasteiger charge is -2.25. The third-order valence-electron chi connectivity index (χ3n) is 3.87. The fourth-order valence-electron chi connectivity index (χ4n) is 2.50. The highest BCUT2D eigenvalue weighted by Gasteiger charge is 2.19. The molecule has 0 aliphatic heterocycles. The highest BCUT2D eigenvalue weighted by atomic mass is 79.9. The normalized spacial score (nSPS) is 14.9. The summed E-state index contributed by atoms with van der Waals surface area (Å²) in [6, 6.07) is 13.3. The number of ketones is 1. The molecule has 0 saturated heterocycles. The number of rotatable bonds is 3. The van der Waals surface area contributed by atoms with E-state index in [1.165, 1.54) is 24.8 Å². The smallest absolute Gasteiger partial charge is 0.193 e. The van der Waals surface area contributed by atoms with Crippen molar-refractivity contribution >= 4 is 33.3 Å². The van der Waals surface area contributed by atoms with Crippen molar-refractivity contribution in [2.45, 2.75) is 25.2 Å². The van der Waals surface area contributed by atoms with Crippen LogP contribution in [0.5, 0.6) is 0 Å². The highest BCUT2D eigenvalue weighted by molar-refractivity contribution is 9.10. The van der Waals surface area contributed by atoms with Gasteiger partial charge in [-0.3, -0.25) is 4.79 Å². The lowest BCUT2D eigenvalue weighted by Crippen LogP contribution is -2.09. The van der Waals surface area contributed by atoms with Crippen LogP contribution in [0.4, 0.5) is 0 Å². The van der Waals surface area contributed by atoms with E-state index in [1.807, 2.05) is 12.1 Å². The van der Waals surface area contributed by atoms with Crippen LogP contribution in [0.1, 0.15) is 46.7 Å². The van der Waals surface area contributed by atoms with Gasteiger partial charge in [-0.25, -0.2) is 0 Å². The maximum atomic E-state index is 12.4. The third kappa shape index (κ3) is 2.82. The predicted octanol–water partition coefficient (Wildman–Crippen LogP) is 5.60. The molecule has 0 N–H and O–H groups in total. The fourth-order valence-corrected chi connectivity index (χ4v) is 3.36. The summed E-state index contributed by atoms with van der Waals surface area (Å²) in [7, 11) is 0. The Kier molecular flexibility index (Phi) is 3.95. The molecule has 1 nitrogen and oxygen atoms in total. The zero-order valence-electron chi connectivity index (χ0n) is 10.9. The molecule has 2 aromatic carbocycles. The standard InChI is InChI=1S/C17H14BrClO/c18-15-8-14(9-16(19)10-15)17(20)13-6-4-12(5-7-13)11-2-1-3-11/h4-11H,1-3H2. The monoisotopic (exact) mass is 348 g/mol. The molecule has 20 heavy (non-hydrogen) atoms. The molecule has 0 bridgehead atoms. The Morgan fingerprint density at radius 2 is 1.75 bits per heavy atom. The van der Waals surface area contributed by atoms with Crippen molar-refractivity contribution in [3.8, 4) is 0 Å². The van der Waals surface area contributed by atoms with Gasteiger partial charge in [0.2, 0.25) is 0 Å². The van der Waals surface area contributed by atoms with Gasteiger partial charge in [-0.15, -0.1) is 0 Å². The Bertz CT molecular complexity index is 624. The molecule has 1 fully saturated rings. The molecule has 0 radical (unpaired) electrons. The van der Waals surface area contributed by atoms with E-state index in [9.17, 15) is 4.79 Å². The van der Waals surface area contributed by atoms with Crippen LogP contribution in [0.2, 0.25) is 5.02 Å². The molecule has 2 aromatic rings. The lowest BCUT2D eigenvalue weighted by molar-refractivity contribution is 0.103. The predicted molar refractivity (Wildman–Crippen MR) is 85.6 cm³/mol. The van der Waals surface area contributed by atoms with Crippen LogP contribution in [0.15, 0.2) is 46.9 Å². The summed E-state index contributed by atoms with van der Waals surface area (Å²) < 4.78 is 0.819.